The van der Waals surface area contributed by atoms with Crippen LogP contribution >= 0.6 is 11.6 Å². The lowest BCUT2D eigenvalue weighted by Gasteiger charge is -2.30. The van der Waals surface area contributed by atoms with Crippen LogP contribution in [0.5, 0.6) is 11.5 Å². The van der Waals surface area contributed by atoms with E-state index in [2.05, 4.69) is 4.98 Å². The minimum atomic E-state index is -4.65. The predicted molar refractivity (Wildman–Crippen MR) is 182 cm³/mol. The molecule has 1 saturated carbocycles. The van der Waals surface area contributed by atoms with Crippen LogP contribution < -0.4 is 10.5 Å². The Labute approximate surface area is 284 Å². The molecule has 1 aromatic heterocycles. The standard InChI is InChI=1S/C35H38ClN5O6S/c1-39(2)33(42)29-18-27(14-15-32(29)47-26-12-10-25(36)11-13-26)48(45,46)41-31(17-24-20-38-30-9-4-3-8-28(24)30)34(43)40(35(41)44)21-23-7-5-6-22(16-23)19-37/h3-4,8-15,18,20,22-23,31,38H,5-7,16-17,19,21,37H2,1-2H3. The summed E-state index contributed by atoms with van der Waals surface area (Å²) in [4.78, 5) is 46.8. The van der Waals surface area contributed by atoms with Crippen LogP contribution in [0.4, 0.5) is 4.79 Å². The van der Waals surface area contributed by atoms with Crippen LogP contribution in [0.15, 0.2) is 77.8 Å². The highest BCUT2D eigenvalue weighted by Crippen LogP contribution is 2.36. The van der Waals surface area contributed by atoms with Gasteiger partial charge in [0, 0.05) is 49.2 Å². The molecule has 48 heavy (non-hydrogen) atoms. The molecule has 2 aliphatic rings. The fourth-order valence-electron chi connectivity index (χ4n) is 6.69. The van der Waals surface area contributed by atoms with Gasteiger partial charge >= 0.3 is 6.03 Å². The summed E-state index contributed by atoms with van der Waals surface area (Å²) < 4.78 is 35.7. The third kappa shape index (κ3) is 6.52. The number of ether oxygens (including phenoxy) is 1. The second-order valence-corrected chi connectivity index (χ2v) is 14.9. The summed E-state index contributed by atoms with van der Waals surface area (Å²) in [6.07, 6.45) is 5.21. The Morgan fingerprint density at radius 3 is 2.50 bits per heavy atom. The quantitative estimate of drug-likeness (QED) is 0.205. The van der Waals surface area contributed by atoms with E-state index in [9.17, 15) is 22.8 Å². The van der Waals surface area contributed by atoms with Gasteiger partial charge in [0.2, 0.25) is 0 Å². The number of urea groups is 1. The van der Waals surface area contributed by atoms with E-state index in [0.29, 0.717) is 33.1 Å². The molecule has 4 aromatic rings. The minimum absolute atomic E-state index is 0.0187. The third-order valence-electron chi connectivity index (χ3n) is 9.19. The number of para-hydroxylation sites is 1. The van der Waals surface area contributed by atoms with Gasteiger partial charge in [-0.05, 0) is 91.7 Å². The van der Waals surface area contributed by atoms with Gasteiger partial charge in [-0.1, -0.05) is 36.2 Å². The van der Waals surface area contributed by atoms with Crippen LogP contribution in [-0.2, 0) is 21.2 Å². The normalized spacial score (nSPS) is 20.0. The largest absolute Gasteiger partial charge is 0.457 e. The van der Waals surface area contributed by atoms with Gasteiger partial charge < -0.3 is 20.4 Å². The molecular formula is C35H38ClN5O6S. The number of hydrogen-bond donors (Lipinski definition) is 2. The van der Waals surface area contributed by atoms with Gasteiger partial charge in [0.1, 0.15) is 17.5 Å². The van der Waals surface area contributed by atoms with Crippen molar-refractivity contribution in [3.8, 4) is 11.5 Å². The lowest BCUT2D eigenvalue weighted by molar-refractivity contribution is -0.128. The lowest BCUT2D eigenvalue weighted by Crippen LogP contribution is -2.42. The Bertz CT molecular complexity index is 1960. The molecule has 0 spiro atoms. The predicted octanol–water partition coefficient (Wildman–Crippen LogP) is 5.64. The monoisotopic (exact) mass is 691 g/mol. The van der Waals surface area contributed by atoms with Gasteiger partial charge in [-0.2, -0.15) is 0 Å². The Kier molecular flexibility index (Phi) is 9.50. The summed E-state index contributed by atoms with van der Waals surface area (Å²) in [5, 5.41) is 1.33. The number of benzene rings is 3. The van der Waals surface area contributed by atoms with Crippen molar-refractivity contribution in [2.45, 2.75) is 43.0 Å². The highest BCUT2D eigenvalue weighted by Gasteiger charge is 2.52. The van der Waals surface area contributed by atoms with Crippen LogP contribution in [0.1, 0.15) is 41.6 Å². The zero-order valence-corrected chi connectivity index (χ0v) is 28.3. The van der Waals surface area contributed by atoms with Gasteiger partial charge in [-0.25, -0.2) is 17.5 Å². The average molecular weight is 692 g/mol. The number of nitrogens with one attached hydrogen (secondary N) is 1. The van der Waals surface area contributed by atoms with Crippen molar-refractivity contribution in [3.63, 3.8) is 0 Å². The molecule has 2 fully saturated rings. The number of aromatic nitrogens is 1. The van der Waals surface area contributed by atoms with E-state index in [1.54, 1.807) is 30.5 Å². The fraction of sp³-hybridized carbons (Fsp3) is 0.343. The molecule has 6 rings (SSSR count). The Hall–Kier alpha value is -4.39. The van der Waals surface area contributed by atoms with Crippen molar-refractivity contribution in [2.24, 2.45) is 17.6 Å². The summed E-state index contributed by atoms with van der Waals surface area (Å²) in [6.45, 7) is 0.636. The molecule has 3 N–H and O–H groups in total. The van der Waals surface area contributed by atoms with E-state index >= 15 is 0 Å². The first kappa shape index (κ1) is 33.5. The number of halogens is 1. The molecule has 252 valence electrons. The molecule has 1 saturated heterocycles. The number of nitrogens with zero attached hydrogens (tertiary/aromatic N) is 3. The van der Waals surface area contributed by atoms with Gasteiger partial charge in [0.25, 0.3) is 21.8 Å². The van der Waals surface area contributed by atoms with Crippen molar-refractivity contribution in [2.75, 3.05) is 27.2 Å². The molecule has 0 radical (unpaired) electrons. The molecule has 3 aromatic carbocycles. The zero-order chi connectivity index (χ0) is 34.2. The summed E-state index contributed by atoms with van der Waals surface area (Å²) in [5.41, 5.74) is 7.45. The maximum Gasteiger partial charge on any atom is 0.341 e. The molecule has 1 aliphatic carbocycles. The van der Waals surface area contributed by atoms with Crippen molar-refractivity contribution < 1.29 is 27.5 Å². The van der Waals surface area contributed by atoms with Crippen molar-refractivity contribution >= 4 is 50.4 Å². The summed E-state index contributed by atoms with van der Waals surface area (Å²) >= 11 is 6.01. The Morgan fingerprint density at radius 1 is 1.04 bits per heavy atom. The van der Waals surface area contributed by atoms with E-state index in [1.165, 1.54) is 37.2 Å². The fourth-order valence-corrected chi connectivity index (χ4v) is 8.36. The van der Waals surface area contributed by atoms with Crippen LogP contribution in [0.2, 0.25) is 5.02 Å². The molecule has 0 bridgehead atoms. The lowest BCUT2D eigenvalue weighted by atomic mass is 9.81. The summed E-state index contributed by atoms with van der Waals surface area (Å²) in [6, 6.07) is 15.6. The number of carbonyl (C=O) groups excluding carboxylic acids is 3. The van der Waals surface area contributed by atoms with Crippen molar-refractivity contribution in [3.05, 3.63) is 89.1 Å². The number of nitrogens with two attached hydrogens (primary N) is 1. The third-order valence-corrected chi connectivity index (χ3v) is 11.2. The van der Waals surface area contributed by atoms with Crippen molar-refractivity contribution in [1.82, 2.24) is 19.1 Å². The zero-order valence-electron chi connectivity index (χ0n) is 26.8. The summed E-state index contributed by atoms with van der Waals surface area (Å²) in [7, 11) is -1.57. The number of imide groups is 1. The maximum absolute atomic E-state index is 14.5. The topological polar surface area (TPSA) is 146 Å². The first-order valence-electron chi connectivity index (χ1n) is 15.9. The smallest absolute Gasteiger partial charge is 0.341 e. The van der Waals surface area contributed by atoms with E-state index in [1.807, 2.05) is 24.3 Å². The SMILES string of the molecule is CN(C)C(=O)c1cc(S(=O)(=O)N2C(=O)N(CC3CCCC(CN)C3)C(=O)C2Cc2c[nH]c3ccccc23)ccc1Oc1ccc(Cl)cc1. The minimum Gasteiger partial charge on any atom is -0.457 e. The number of hydrogen-bond acceptors (Lipinski definition) is 7. The number of carbonyl (C=O) groups is 3. The molecule has 13 heteroatoms. The van der Waals surface area contributed by atoms with Crippen molar-refractivity contribution in [1.29, 1.82) is 0 Å². The molecular weight excluding hydrogens is 654 g/mol. The second-order valence-electron chi connectivity index (χ2n) is 12.7. The van der Waals surface area contributed by atoms with Crippen LogP contribution in [0.3, 0.4) is 0 Å². The number of H-pyrrole nitrogens is 1. The molecule has 3 unspecified atom stereocenters. The molecule has 1 aliphatic heterocycles. The molecule has 3 atom stereocenters. The average Bonchev–Trinajstić information content (AvgIpc) is 3.59. The second kappa shape index (κ2) is 13.6. The number of amides is 4. The van der Waals surface area contributed by atoms with Gasteiger partial charge in [0.05, 0.1) is 10.5 Å². The highest BCUT2D eigenvalue weighted by atomic mass is 35.5. The Morgan fingerprint density at radius 2 is 1.77 bits per heavy atom. The van der Waals surface area contributed by atoms with Gasteiger partial charge in [-0.15, -0.1) is 0 Å². The van der Waals surface area contributed by atoms with Gasteiger partial charge in [0.15, 0.2) is 0 Å². The van der Waals surface area contributed by atoms with Crippen LogP contribution in [-0.4, -0.2) is 78.6 Å². The van der Waals surface area contributed by atoms with E-state index < -0.39 is 33.9 Å². The van der Waals surface area contributed by atoms with E-state index in [4.69, 9.17) is 22.1 Å². The highest BCUT2D eigenvalue weighted by molar-refractivity contribution is 7.89. The number of aromatic amines is 1. The van der Waals surface area contributed by atoms with Gasteiger partial charge in [-0.3, -0.25) is 14.5 Å². The van der Waals surface area contributed by atoms with Crippen LogP contribution in [0, 0.1) is 11.8 Å². The molecule has 2 heterocycles. The summed E-state index contributed by atoms with van der Waals surface area (Å²) in [5.74, 6) is -0.274. The van der Waals surface area contributed by atoms with E-state index in [0.717, 1.165) is 41.5 Å². The maximum atomic E-state index is 14.5. The van der Waals surface area contributed by atoms with E-state index in [-0.39, 0.29) is 35.1 Å². The number of sulfonamides is 1. The Balaban J connectivity index is 1.39. The first-order chi connectivity index (χ1) is 23.0. The van der Waals surface area contributed by atoms with Crippen LogP contribution in [0.25, 0.3) is 10.9 Å². The number of fused-ring (bicyclic) bond motifs is 1. The molecule has 11 nitrogen and oxygen atoms in total. The number of rotatable bonds is 10. The molecule has 4 amide bonds. The first-order valence-corrected chi connectivity index (χ1v) is 17.7.